The average Bonchev–Trinajstić information content (AvgIpc) is 2.14. The summed E-state index contributed by atoms with van der Waals surface area (Å²) >= 11 is 0. The molecule has 4 nitrogen and oxygen atoms in total. The van der Waals surface area contributed by atoms with E-state index in [1.165, 1.54) is 12.2 Å². The first-order chi connectivity index (χ1) is 6.29. The van der Waals surface area contributed by atoms with Crippen molar-refractivity contribution in [2.24, 2.45) is 15.9 Å². The van der Waals surface area contributed by atoms with Gasteiger partial charge in [-0.25, -0.2) is 9.59 Å². The zero-order valence-corrected chi connectivity index (χ0v) is 7.99. The van der Waals surface area contributed by atoms with E-state index in [4.69, 9.17) is 0 Å². The zero-order chi connectivity index (χ0) is 10.1. The lowest BCUT2D eigenvalue weighted by atomic mass is 9.98. The molecule has 1 atom stereocenters. The maximum Gasteiger partial charge on any atom is 0.237 e. The van der Waals surface area contributed by atoms with Gasteiger partial charge in [0.1, 0.15) is 0 Å². The van der Waals surface area contributed by atoms with Gasteiger partial charge in [0.05, 0.1) is 0 Å². The van der Waals surface area contributed by atoms with Crippen LogP contribution >= 0.6 is 0 Å². The quantitative estimate of drug-likeness (QED) is 0.464. The molecule has 0 heterocycles. The Morgan fingerprint density at radius 3 is 2.00 bits per heavy atom. The van der Waals surface area contributed by atoms with Gasteiger partial charge in [0.15, 0.2) is 6.17 Å². The molecule has 13 heavy (non-hydrogen) atoms. The Morgan fingerprint density at radius 2 is 1.69 bits per heavy atom. The lowest BCUT2D eigenvalue weighted by Gasteiger charge is -2.15. The number of isocyanates is 2. The Hall–Kier alpha value is -1.24. The van der Waals surface area contributed by atoms with E-state index in [9.17, 15) is 9.59 Å². The highest BCUT2D eigenvalue weighted by molar-refractivity contribution is 5.37. The molecule has 0 saturated heterocycles. The van der Waals surface area contributed by atoms with Gasteiger partial charge in [0.2, 0.25) is 12.2 Å². The van der Waals surface area contributed by atoms with Gasteiger partial charge in [-0.05, 0) is 12.8 Å². The molecule has 4 heteroatoms. The van der Waals surface area contributed by atoms with Crippen LogP contribution in [-0.4, -0.2) is 18.3 Å². The van der Waals surface area contributed by atoms with E-state index >= 15 is 0 Å². The maximum atomic E-state index is 10.0. The van der Waals surface area contributed by atoms with E-state index in [1.54, 1.807) is 0 Å². The van der Waals surface area contributed by atoms with Gasteiger partial charge in [0, 0.05) is 5.92 Å². The highest BCUT2D eigenvalue weighted by Gasteiger charge is 2.17. The minimum absolute atomic E-state index is 0.146. The first kappa shape index (κ1) is 11.8. The van der Waals surface area contributed by atoms with Gasteiger partial charge < -0.3 is 0 Å². The van der Waals surface area contributed by atoms with Gasteiger partial charge in [0.25, 0.3) is 0 Å². The van der Waals surface area contributed by atoms with Crippen LogP contribution in [0.1, 0.15) is 33.1 Å². The standard InChI is InChI=1S/C9H14N2O2/c1-3-5-8(4-2)9(10-6-12)11-7-13/h8-9H,3-5H2,1-2H3. The van der Waals surface area contributed by atoms with Gasteiger partial charge in [-0.2, -0.15) is 9.98 Å². The van der Waals surface area contributed by atoms with E-state index in [2.05, 4.69) is 9.98 Å². The van der Waals surface area contributed by atoms with Crippen molar-refractivity contribution in [2.75, 3.05) is 0 Å². The van der Waals surface area contributed by atoms with Gasteiger partial charge in [-0.1, -0.05) is 20.3 Å². The van der Waals surface area contributed by atoms with Crippen molar-refractivity contribution in [2.45, 2.75) is 39.3 Å². The van der Waals surface area contributed by atoms with Crippen molar-refractivity contribution in [1.29, 1.82) is 0 Å². The Balaban J connectivity index is 4.46. The van der Waals surface area contributed by atoms with Crippen LogP contribution in [0.25, 0.3) is 0 Å². The monoisotopic (exact) mass is 182 g/mol. The summed E-state index contributed by atoms with van der Waals surface area (Å²) < 4.78 is 0. The number of nitrogens with zero attached hydrogens (tertiary/aromatic N) is 2. The summed E-state index contributed by atoms with van der Waals surface area (Å²) in [7, 11) is 0. The fraction of sp³-hybridized carbons (Fsp3) is 0.778. The summed E-state index contributed by atoms with van der Waals surface area (Å²) in [5.74, 6) is 0.146. The molecule has 0 bridgehead atoms. The van der Waals surface area contributed by atoms with Crippen molar-refractivity contribution in [3.8, 4) is 0 Å². The molecule has 0 rings (SSSR count). The molecule has 0 radical (unpaired) electrons. The van der Waals surface area contributed by atoms with Crippen LogP contribution in [-0.2, 0) is 9.59 Å². The van der Waals surface area contributed by atoms with Gasteiger partial charge >= 0.3 is 0 Å². The second kappa shape index (κ2) is 7.41. The minimum atomic E-state index is -0.583. The van der Waals surface area contributed by atoms with E-state index in [1.807, 2.05) is 13.8 Å². The van der Waals surface area contributed by atoms with Crippen LogP contribution in [0.2, 0.25) is 0 Å². The Labute approximate surface area is 77.8 Å². The fourth-order valence-electron chi connectivity index (χ4n) is 1.28. The molecule has 72 valence electrons. The van der Waals surface area contributed by atoms with Crippen LogP contribution < -0.4 is 0 Å². The first-order valence-corrected chi connectivity index (χ1v) is 4.44. The molecule has 1 unspecified atom stereocenters. The number of rotatable bonds is 6. The minimum Gasteiger partial charge on any atom is -0.211 e. The predicted molar refractivity (Wildman–Crippen MR) is 48.7 cm³/mol. The molecular weight excluding hydrogens is 168 g/mol. The highest BCUT2D eigenvalue weighted by Crippen LogP contribution is 2.18. The highest BCUT2D eigenvalue weighted by atomic mass is 16.1. The topological polar surface area (TPSA) is 58.9 Å². The van der Waals surface area contributed by atoms with Crippen molar-refractivity contribution < 1.29 is 9.59 Å². The van der Waals surface area contributed by atoms with E-state index in [0.29, 0.717) is 0 Å². The van der Waals surface area contributed by atoms with Crippen LogP contribution in [0.3, 0.4) is 0 Å². The van der Waals surface area contributed by atoms with Crippen molar-refractivity contribution in [3.63, 3.8) is 0 Å². The SMILES string of the molecule is CCCC(CC)C(N=C=O)N=C=O. The predicted octanol–water partition coefficient (Wildman–Crippen LogP) is 1.81. The molecule has 0 aliphatic carbocycles. The molecule has 0 spiro atoms. The maximum absolute atomic E-state index is 10.0. The summed E-state index contributed by atoms with van der Waals surface area (Å²) in [6.07, 6.45) is 5.00. The second-order valence-corrected chi connectivity index (χ2v) is 2.81. The van der Waals surface area contributed by atoms with Crippen LogP contribution in [0.5, 0.6) is 0 Å². The molecule has 0 aromatic rings. The summed E-state index contributed by atoms with van der Waals surface area (Å²) in [6, 6.07) is 0. The van der Waals surface area contributed by atoms with E-state index in [0.717, 1.165) is 19.3 Å². The molecule has 0 amide bonds. The van der Waals surface area contributed by atoms with Gasteiger partial charge in [-0.15, -0.1) is 0 Å². The van der Waals surface area contributed by atoms with Crippen LogP contribution in [0.4, 0.5) is 0 Å². The number of carbonyl (C=O) groups excluding carboxylic acids is 2. The van der Waals surface area contributed by atoms with E-state index in [-0.39, 0.29) is 5.92 Å². The molecule has 0 saturated carbocycles. The molecule has 0 N–H and O–H groups in total. The number of hydrogen-bond donors (Lipinski definition) is 0. The third-order valence-electron chi connectivity index (χ3n) is 1.98. The fourth-order valence-corrected chi connectivity index (χ4v) is 1.28. The normalized spacial score (nSPS) is 13.7. The molecule has 0 aromatic carbocycles. The third-order valence-corrected chi connectivity index (χ3v) is 1.98. The smallest absolute Gasteiger partial charge is 0.211 e. The summed E-state index contributed by atoms with van der Waals surface area (Å²) in [6.45, 7) is 4.02. The lowest BCUT2D eigenvalue weighted by Crippen LogP contribution is -2.15. The first-order valence-electron chi connectivity index (χ1n) is 4.44. The van der Waals surface area contributed by atoms with Crippen molar-refractivity contribution in [1.82, 2.24) is 0 Å². The van der Waals surface area contributed by atoms with Gasteiger partial charge in [-0.3, -0.25) is 0 Å². The lowest BCUT2D eigenvalue weighted by molar-refractivity contribution is 0.385. The molecule has 0 fully saturated rings. The van der Waals surface area contributed by atoms with Crippen molar-refractivity contribution >= 4 is 12.2 Å². The Bertz CT molecular complexity index is 210. The largest absolute Gasteiger partial charge is 0.237 e. The summed E-state index contributed by atoms with van der Waals surface area (Å²) in [5.41, 5.74) is 0. The van der Waals surface area contributed by atoms with E-state index < -0.39 is 6.17 Å². The number of aliphatic imine (C=N–C) groups is 2. The molecular formula is C9H14N2O2. The van der Waals surface area contributed by atoms with Crippen molar-refractivity contribution in [3.05, 3.63) is 0 Å². The average molecular weight is 182 g/mol. The second-order valence-electron chi connectivity index (χ2n) is 2.81. The van der Waals surface area contributed by atoms with Crippen LogP contribution in [0, 0.1) is 5.92 Å². The Morgan fingerprint density at radius 1 is 1.15 bits per heavy atom. The van der Waals surface area contributed by atoms with Crippen LogP contribution in [0.15, 0.2) is 9.98 Å². The number of hydrogen-bond acceptors (Lipinski definition) is 4. The zero-order valence-electron chi connectivity index (χ0n) is 7.99. The summed E-state index contributed by atoms with van der Waals surface area (Å²) in [4.78, 5) is 27.0. The Kier molecular flexibility index (Phi) is 6.70. The molecule has 0 aliphatic rings. The molecule has 0 aromatic heterocycles. The summed E-state index contributed by atoms with van der Waals surface area (Å²) in [5, 5.41) is 0. The third kappa shape index (κ3) is 4.36. The molecule has 0 aliphatic heterocycles.